The molecule has 268 valence electrons. The lowest BCUT2D eigenvalue weighted by Gasteiger charge is -2.33. The number of ether oxygens (including phenoxy) is 2. The predicted octanol–water partition coefficient (Wildman–Crippen LogP) is 2.92. The van der Waals surface area contributed by atoms with E-state index in [9.17, 15) is 24.3 Å². The van der Waals surface area contributed by atoms with Crippen molar-refractivity contribution >= 4 is 37.5 Å². The van der Waals surface area contributed by atoms with Crippen molar-refractivity contribution in [2.75, 3.05) is 49.7 Å². The van der Waals surface area contributed by atoms with E-state index in [1.54, 1.807) is 14.5 Å². The number of aliphatic hydroxyl groups is 1. The maximum atomic E-state index is 14.8. The average molecular weight is 705 g/mol. The largest absolute Gasteiger partial charge is 0.469 e. The van der Waals surface area contributed by atoms with Gasteiger partial charge in [-0.2, -0.15) is 0 Å². The minimum atomic E-state index is -2.92. The van der Waals surface area contributed by atoms with Crippen LogP contribution in [0.15, 0.2) is 54.7 Å². The normalized spacial score (nSPS) is 24.2. The van der Waals surface area contributed by atoms with Crippen molar-refractivity contribution in [2.24, 2.45) is 5.92 Å². The number of anilines is 2. The van der Waals surface area contributed by atoms with Crippen LogP contribution in [0.3, 0.4) is 0 Å². The molecular formula is C36H48N6O7Si. The topological polar surface area (TPSA) is 159 Å². The second-order valence-electron chi connectivity index (χ2n) is 14.1. The molecule has 0 saturated carbocycles. The summed E-state index contributed by atoms with van der Waals surface area (Å²) in [7, 11) is -1.56. The predicted molar refractivity (Wildman–Crippen MR) is 189 cm³/mol. The van der Waals surface area contributed by atoms with Crippen molar-refractivity contribution in [3.8, 4) is 0 Å². The SMILES string of the molecule is COC(=O)CCCCN1C(=O)[C@@]2(O[C@@H](CCn3cc(C(CO)c4ccccc4)nn3)[C@H]([Si](C)(C)O)[C@H]2C)c2cc(N3CCNCC3=O)ccc21. The number of nitrogens with zero attached hydrogens (tertiary/aromatic N) is 5. The average Bonchev–Trinajstić information content (AvgIpc) is 3.76. The Morgan fingerprint density at radius 2 is 1.94 bits per heavy atom. The Balaban J connectivity index is 1.31. The number of hydrogen-bond donors (Lipinski definition) is 3. The first-order chi connectivity index (χ1) is 24.0. The Labute approximate surface area is 293 Å². The molecule has 1 aromatic heterocycles. The van der Waals surface area contributed by atoms with E-state index in [4.69, 9.17) is 9.47 Å². The van der Waals surface area contributed by atoms with Crippen molar-refractivity contribution in [3.05, 3.63) is 71.5 Å². The fourth-order valence-electron chi connectivity index (χ4n) is 8.14. The van der Waals surface area contributed by atoms with Crippen LogP contribution in [0.5, 0.6) is 0 Å². The van der Waals surface area contributed by atoms with E-state index in [1.165, 1.54) is 7.11 Å². The van der Waals surface area contributed by atoms with Crippen molar-refractivity contribution in [2.45, 2.75) is 75.4 Å². The molecule has 14 heteroatoms. The molecule has 3 aliphatic rings. The first-order valence-corrected chi connectivity index (χ1v) is 20.5. The molecule has 0 aliphatic carbocycles. The van der Waals surface area contributed by atoms with Gasteiger partial charge in [-0.05, 0) is 56.1 Å². The van der Waals surface area contributed by atoms with Gasteiger partial charge in [0.2, 0.25) is 5.91 Å². The van der Waals surface area contributed by atoms with Gasteiger partial charge in [0, 0.05) is 61.5 Å². The Hall–Kier alpha value is -3.95. The van der Waals surface area contributed by atoms with E-state index in [0.717, 1.165) is 11.3 Å². The number of amides is 2. The van der Waals surface area contributed by atoms with E-state index < -0.39 is 20.0 Å². The van der Waals surface area contributed by atoms with Gasteiger partial charge in [0.1, 0.15) is 0 Å². The third-order valence-electron chi connectivity index (χ3n) is 10.5. The van der Waals surface area contributed by atoms with Crippen LogP contribution < -0.4 is 15.1 Å². The monoisotopic (exact) mass is 704 g/mol. The number of nitrogens with one attached hydrogen (secondary N) is 1. The number of carbonyl (C=O) groups is 3. The molecule has 3 N–H and O–H groups in total. The fraction of sp³-hybridized carbons (Fsp3) is 0.528. The highest BCUT2D eigenvalue weighted by Gasteiger charge is 2.66. The van der Waals surface area contributed by atoms with Crippen LogP contribution in [0.1, 0.15) is 55.3 Å². The smallest absolute Gasteiger partial charge is 0.305 e. The Kier molecular flexibility index (Phi) is 10.6. The molecule has 13 nitrogen and oxygen atoms in total. The van der Waals surface area contributed by atoms with Crippen molar-refractivity contribution in [3.63, 3.8) is 0 Å². The summed E-state index contributed by atoms with van der Waals surface area (Å²) in [5.74, 6) is -1.21. The number of fused-ring (bicyclic) bond motifs is 2. The summed E-state index contributed by atoms with van der Waals surface area (Å²) in [6.45, 7) is 7.91. The molecule has 2 amide bonds. The zero-order valence-electron chi connectivity index (χ0n) is 29.2. The van der Waals surface area contributed by atoms with Gasteiger partial charge in [-0.3, -0.25) is 19.1 Å². The number of hydrogen-bond acceptors (Lipinski definition) is 10. The summed E-state index contributed by atoms with van der Waals surface area (Å²) in [6.07, 6.45) is 3.25. The molecule has 5 atom stereocenters. The summed E-state index contributed by atoms with van der Waals surface area (Å²) in [5.41, 5.74) is 2.07. The van der Waals surface area contributed by atoms with Crippen LogP contribution >= 0.6 is 0 Å². The maximum absolute atomic E-state index is 14.8. The number of rotatable bonds is 13. The summed E-state index contributed by atoms with van der Waals surface area (Å²) >= 11 is 0. The molecule has 2 saturated heterocycles. The molecule has 0 radical (unpaired) electrons. The summed E-state index contributed by atoms with van der Waals surface area (Å²) < 4.78 is 13.6. The van der Waals surface area contributed by atoms with E-state index in [0.29, 0.717) is 62.4 Å². The van der Waals surface area contributed by atoms with Gasteiger partial charge in [-0.15, -0.1) is 5.10 Å². The third kappa shape index (κ3) is 6.74. The lowest BCUT2D eigenvalue weighted by Crippen LogP contribution is -2.48. The second kappa shape index (κ2) is 14.7. The fourth-order valence-corrected chi connectivity index (χ4v) is 10.7. The molecule has 1 spiro atoms. The molecule has 0 bridgehead atoms. The van der Waals surface area contributed by atoms with Crippen molar-refractivity contribution in [1.82, 2.24) is 20.3 Å². The van der Waals surface area contributed by atoms with Crippen LogP contribution in [0.4, 0.5) is 11.4 Å². The number of methoxy groups -OCH3 is 1. The van der Waals surface area contributed by atoms with Gasteiger partial charge >= 0.3 is 5.97 Å². The van der Waals surface area contributed by atoms with Crippen LogP contribution in [0.2, 0.25) is 18.6 Å². The molecule has 1 unspecified atom stereocenters. The van der Waals surface area contributed by atoms with Gasteiger partial charge in [0.15, 0.2) is 13.9 Å². The maximum Gasteiger partial charge on any atom is 0.305 e. The van der Waals surface area contributed by atoms with Crippen LogP contribution in [0, 0.1) is 5.92 Å². The first kappa shape index (κ1) is 35.9. The highest BCUT2D eigenvalue weighted by Crippen LogP contribution is 2.60. The molecule has 50 heavy (non-hydrogen) atoms. The number of esters is 1. The van der Waals surface area contributed by atoms with E-state index in [1.807, 2.05) is 74.7 Å². The standard InChI is InChI=1S/C36H48N6O7Si/c1-24-34(50(3,4)47)31(15-18-40-22-29(38-39-40)27(23-43)25-10-6-5-7-11-25)49-36(24)28-20-26(41-19-16-37-21-32(41)44)13-14-30(28)42(35(36)46)17-9-8-12-33(45)48-2/h5-7,10-11,13-14,20,22,24,27,31,34,37,43,47H,8-9,12,15-19,21,23H2,1-4H3/t24-,27?,31+,34-,36+/m1/s1. The van der Waals surface area contributed by atoms with Crippen molar-refractivity contribution in [1.29, 1.82) is 0 Å². The van der Waals surface area contributed by atoms with Gasteiger partial charge in [0.05, 0.1) is 43.7 Å². The lowest BCUT2D eigenvalue weighted by atomic mass is 9.82. The number of aryl methyl sites for hydroxylation is 1. The quantitative estimate of drug-likeness (QED) is 0.137. The van der Waals surface area contributed by atoms with E-state index >= 15 is 0 Å². The molecule has 3 aliphatic heterocycles. The molecule has 2 aromatic carbocycles. The van der Waals surface area contributed by atoms with E-state index in [2.05, 4.69) is 15.6 Å². The van der Waals surface area contributed by atoms with Crippen LogP contribution in [-0.2, 0) is 36.0 Å². The minimum absolute atomic E-state index is 0.0443. The summed E-state index contributed by atoms with van der Waals surface area (Å²) in [6, 6.07) is 15.4. The highest BCUT2D eigenvalue weighted by molar-refractivity contribution is 6.71. The van der Waals surface area contributed by atoms with E-state index in [-0.39, 0.29) is 54.7 Å². The molecule has 6 rings (SSSR count). The zero-order valence-corrected chi connectivity index (χ0v) is 30.2. The zero-order chi connectivity index (χ0) is 35.6. The highest BCUT2D eigenvalue weighted by atomic mass is 28.4. The Morgan fingerprint density at radius 1 is 1.16 bits per heavy atom. The number of unbranched alkanes of at least 4 members (excludes halogenated alkanes) is 1. The first-order valence-electron chi connectivity index (χ1n) is 17.5. The number of carbonyl (C=O) groups excluding carboxylic acids is 3. The Bertz CT molecular complexity index is 1700. The summed E-state index contributed by atoms with van der Waals surface area (Å²) in [4.78, 5) is 54.7. The van der Waals surface area contributed by atoms with Crippen LogP contribution in [-0.4, -0.2) is 97.0 Å². The second-order valence-corrected chi connectivity index (χ2v) is 18.1. The lowest BCUT2D eigenvalue weighted by molar-refractivity contribution is -0.146. The summed E-state index contributed by atoms with van der Waals surface area (Å²) in [5, 5.41) is 22.0. The van der Waals surface area contributed by atoms with Gasteiger partial charge in [-0.1, -0.05) is 42.5 Å². The third-order valence-corrected chi connectivity index (χ3v) is 13.1. The molecule has 2 fully saturated rings. The van der Waals surface area contributed by atoms with Gasteiger partial charge in [0.25, 0.3) is 5.91 Å². The number of aliphatic hydroxyl groups excluding tert-OH is 1. The molecule has 4 heterocycles. The van der Waals surface area contributed by atoms with Crippen molar-refractivity contribution < 1.29 is 33.8 Å². The van der Waals surface area contributed by atoms with Gasteiger partial charge < -0.3 is 34.5 Å². The van der Waals surface area contributed by atoms with Crippen LogP contribution in [0.25, 0.3) is 0 Å². The number of benzene rings is 2. The molecule has 3 aromatic rings. The minimum Gasteiger partial charge on any atom is -0.469 e. The number of piperazine rings is 1. The number of aromatic nitrogens is 3. The van der Waals surface area contributed by atoms with Gasteiger partial charge in [-0.25, -0.2) is 0 Å². The Morgan fingerprint density at radius 3 is 2.64 bits per heavy atom. The molecular weight excluding hydrogens is 657 g/mol.